The van der Waals surface area contributed by atoms with Crippen molar-refractivity contribution in [3.05, 3.63) is 18.0 Å². The molecule has 1 N–H and O–H groups in total. The highest BCUT2D eigenvalue weighted by atomic mass is 16.5. The molecule has 0 aliphatic rings. The molecule has 1 rings (SSSR count). The van der Waals surface area contributed by atoms with Crippen molar-refractivity contribution in [1.29, 1.82) is 0 Å². The van der Waals surface area contributed by atoms with E-state index in [0.29, 0.717) is 6.61 Å². The van der Waals surface area contributed by atoms with Crippen LogP contribution >= 0.6 is 0 Å². The highest BCUT2D eigenvalue weighted by Crippen LogP contribution is 2.16. The lowest BCUT2D eigenvalue weighted by Crippen LogP contribution is -2.34. The second-order valence-corrected chi connectivity index (χ2v) is 4.85. The predicted molar refractivity (Wildman–Crippen MR) is 70.3 cm³/mol. The number of aromatic nitrogens is 2. The van der Waals surface area contributed by atoms with E-state index in [9.17, 15) is 4.79 Å². The van der Waals surface area contributed by atoms with Gasteiger partial charge < -0.3 is 4.74 Å². The molecule has 1 aromatic rings. The van der Waals surface area contributed by atoms with Crippen molar-refractivity contribution in [2.45, 2.75) is 52.7 Å². The van der Waals surface area contributed by atoms with Crippen LogP contribution in [-0.4, -0.2) is 28.4 Å². The van der Waals surface area contributed by atoms with Crippen LogP contribution in [0.4, 0.5) is 0 Å². The molecule has 102 valence electrons. The van der Waals surface area contributed by atoms with Crippen molar-refractivity contribution in [1.82, 2.24) is 15.1 Å². The first kappa shape index (κ1) is 14.7. The number of carbonyl (C=O) groups excluding carboxylic acids is 1. The van der Waals surface area contributed by atoms with Gasteiger partial charge in [0.15, 0.2) is 0 Å². The third kappa shape index (κ3) is 3.84. The molecule has 0 saturated heterocycles. The minimum atomic E-state index is -0.447. The highest BCUT2D eigenvalue weighted by Gasteiger charge is 2.24. The molecule has 0 fully saturated rings. The summed E-state index contributed by atoms with van der Waals surface area (Å²) in [4.78, 5) is 11.9. The van der Waals surface area contributed by atoms with E-state index in [1.165, 1.54) is 0 Å². The summed E-state index contributed by atoms with van der Waals surface area (Å²) in [6.07, 6.45) is 3.61. The van der Waals surface area contributed by atoms with E-state index in [4.69, 9.17) is 4.74 Å². The molecule has 1 heterocycles. The monoisotopic (exact) mass is 253 g/mol. The van der Waals surface area contributed by atoms with Crippen LogP contribution in [0.5, 0.6) is 0 Å². The summed E-state index contributed by atoms with van der Waals surface area (Å²) in [5.74, 6) is -0.255. The fourth-order valence-corrected chi connectivity index (χ4v) is 1.64. The van der Waals surface area contributed by atoms with Gasteiger partial charge in [-0.2, -0.15) is 5.10 Å². The Kier molecular flexibility index (Phi) is 5.34. The van der Waals surface area contributed by atoms with E-state index in [0.717, 1.165) is 5.56 Å². The molecule has 1 aromatic heterocycles. The van der Waals surface area contributed by atoms with E-state index < -0.39 is 6.04 Å². The molecule has 0 amide bonds. The Bertz CT molecular complexity index is 385. The van der Waals surface area contributed by atoms with Crippen LogP contribution in [0.15, 0.2) is 12.4 Å². The Hall–Kier alpha value is -1.36. The van der Waals surface area contributed by atoms with Crippen LogP contribution in [-0.2, 0) is 9.53 Å². The lowest BCUT2D eigenvalue weighted by molar-refractivity contribution is -0.146. The maximum absolute atomic E-state index is 11.9. The number of nitrogens with one attached hydrogen (secondary N) is 1. The van der Waals surface area contributed by atoms with Gasteiger partial charge >= 0.3 is 5.97 Å². The first-order valence-electron chi connectivity index (χ1n) is 6.42. The van der Waals surface area contributed by atoms with Crippen LogP contribution in [0.3, 0.4) is 0 Å². The van der Waals surface area contributed by atoms with Crippen molar-refractivity contribution in [3.8, 4) is 0 Å². The van der Waals surface area contributed by atoms with Gasteiger partial charge in [-0.05, 0) is 34.6 Å². The van der Waals surface area contributed by atoms with Gasteiger partial charge in [0.05, 0.1) is 12.8 Å². The molecule has 0 saturated carbocycles. The zero-order chi connectivity index (χ0) is 13.7. The second-order valence-electron chi connectivity index (χ2n) is 4.85. The first-order chi connectivity index (χ1) is 8.45. The molecule has 0 bridgehead atoms. The molecular formula is C13H23N3O2. The van der Waals surface area contributed by atoms with E-state index in [2.05, 4.69) is 10.4 Å². The molecule has 5 heteroatoms. The maximum atomic E-state index is 11.9. The zero-order valence-corrected chi connectivity index (χ0v) is 11.8. The summed E-state index contributed by atoms with van der Waals surface area (Å²) in [6, 6.07) is 0.0277. The van der Waals surface area contributed by atoms with Gasteiger partial charge in [-0.3, -0.25) is 10.00 Å². The van der Waals surface area contributed by atoms with Crippen LogP contribution in [0, 0.1) is 0 Å². The maximum Gasteiger partial charge on any atom is 0.327 e. The van der Waals surface area contributed by atoms with E-state index >= 15 is 0 Å². The number of nitrogens with zero attached hydrogens (tertiary/aromatic N) is 2. The van der Waals surface area contributed by atoms with Crippen molar-refractivity contribution in [2.75, 3.05) is 6.61 Å². The Morgan fingerprint density at radius 1 is 1.44 bits per heavy atom. The third-order valence-corrected chi connectivity index (χ3v) is 2.51. The average Bonchev–Trinajstić information content (AvgIpc) is 2.75. The summed E-state index contributed by atoms with van der Waals surface area (Å²) >= 11 is 0. The summed E-state index contributed by atoms with van der Waals surface area (Å²) in [6.45, 7) is 10.3. The highest BCUT2D eigenvalue weighted by molar-refractivity contribution is 5.77. The molecule has 0 spiro atoms. The molecule has 0 aliphatic heterocycles. The van der Waals surface area contributed by atoms with Gasteiger partial charge in [0, 0.05) is 23.8 Å². The molecular weight excluding hydrogens is 230 g/mol. The van der Waals surface area contributed by atoms with Gasteiger partial charge in [-0.1, -0.05) is 0 Å². The van der Waals surface area contributed by atoms with Crippen molar-refractivity contribution in [2.24, 2.45) is 0 Å². The zero-order valence-electron chi connectivity index (χ0n) is 11.8. The van der Waals surface area contributed by atoms with Gasteiger partial charge in [0.25, 0.3) is 0 Å². The Balaban J connectivity index is 2.90. The minimum absolute atomic E-state index is 0.196. The quantitative estimate of drug-likeness (QED) is 0.788. The van der Waals surface area contributed by atoms with Gasteiger partial charge in [-0.15, -0.1) is 0 Å². The van der Waals surface area contributed by atoms with Crippen LogP contribution in [0.2, 0.25) is 0 Å². The summed E-state index contributed by atoms with van der Waals surface area (Å²) in [7, 11) is 0. The summed E-state index contributed by atoms with van der Waals surface area (Å²) < 4.78 is 6.93. The Morgan fingerprint density at radius 3 is 2.56 bits per heavy atom. The van der Waals surface area contributed by atoms with E-state index in [1.54, 1.807) is 6.20 Å². The molecule has 18 heavy (non-hydrogen) atoms. The Labute approximate surface area is 109 Å². The van der Waals surface area contributed by atoms with E-state index in [1.807, 2.05) is 45.5 Å². The normalized spacial score (nSPS) is 13.1. The van der Waals surface area contributed by atoms with Crippen LogP contribution in [0.1, 0.15) is 52.3 Å². The number of esters is 1. The molecule has 0 aliphatic carbocycles. The van der Waals surface area contributed by atoms with Gasteiger partial charge in [0.2, 0.25) is 0 Å². The number of hydrogen-bond acceptors (Lipinski definition) is 4. The first-order valence-corrected chi connectivity index (χ1v) is 6.42. The van der Waals surface area contributed by atoms with Crippen LogP contribution in [0.25, 0.3) is 0 Å². The lowest BCUT2D eigenvalue weighted by atomic mass is 10.1. The fraction of sp³-hybridized carbons (Fsp3) is 0.692. The number of hydrogen-bond donors (Lipinski definition) is 1. The van der Waals surface area contributed by atoms with Gasteiger partial charge in [0.1, 0.15) is 6.04 Å². The van der Waals surface area contributed by atoms with Gasteiger partial charge in [-0.25, -0.2) is 4.79 Å². The van der Waals surface area contributed by atoms with Crippen molar-refractivity contribution >= 4 is 5.97 Å². The molecule has 1 unspecified atom stereocenters. The molecule has 0 aromatic carbocycles. The van der Waals surface area contributed by atoms with Crippen LogP contribution < -0.4 is 5.32 Å². The molecule has 1 atom stereocenters. The smallest absolute Gasteiger partial charge is 0.327 e. The topological polar surface area (TPSA) is 56.1 Å². The minimum Gasteiger partial charge on any atom is -0.465 e. The lowest BCUT2D eigenvalue weighted by Gasteiger charge is -2.18. The molecule has 0 radical (unpaired) electrons. The second kappa shape index (κ2) is 6.54. The van der Waals surface area contributed by atoms with Crippen molar-refractivity contribution < 1.29 is 9.53 Å². The average molecular weight is 253 g/mol. The SMILES string of the molecule is CCOC(=O)C(NC(C)C)c1cnn(C(C)C)c1. The largest absolute Gasteiger partial charge is 0.465 e. The standard InChI is InChI=1S/C13H23N3O2/c1-6-18-13(17)12(15-9(2)3)11-7-14-16(8-11)10(4)5/h7-10,12,15H,6H2,1-5H3. The number of rotatable bonds is 6. The summed E-state index contributed by atoms with van der Waals surface area (Å²) in [5, 5.41) is 7.46. The summed E-state index contributed by atoms with van der Waals surface area (Å²) in [5.41, 5.74) is 0.843. The predicted octanol–water partition coefficient (Wildman–Crippen LogP) is 2.07. The number of carbonyl (C=O) groups is 1. The third-order valence-electron chi connectivity index (χ3n) is 2.51. The number of ether oxygens (including phenoxy) is 1. The fourth-order valence-electron chi connectivity index (χ4n) is 1.64. The molecule has 5 nitrogen and oxygen atoms in total. The van der Waals surface area contributed by atoms with E-state index in [-0.39, 0.29) is 18.1 Å². The Morgan fingerprint density at radius 2 is 2.11 bits per heavy atom. The van der Waals surface area contributed by atoms with Crippen molar-refractivity contribution in [3.63, 3.8) is 0 Å².